The quantitative estimate of drug-likeness (QED) is 0.882. The number of hydrogen-bond donors (Lipinski definition) is 1. The summed E-state index contributed by atoms with van der Waals surface area (Å²) in [4.78, 5) is 32.2. The Kier molecular flexibility index (Phi) is 3.59. The third-order valence-electron chi connectivity index (χ3n) is 2.71. The third kappa shape index (κ3) is 2.62. The number of amides is 1. The Morgan fingerprint density at radius 1 is 1.47 bits per heavy atom. The second-order valence-electron chi connectivity index (χ2n) is 4.77. The number of carbonyl (C=O) groups excluding carboxylic acids is 1. The molecule has 0 unspecified atom stereocenters. The van der Waals surface area contributed by atoms with Crippen LogP contribution in [0.5, 0.6) is 0 Å². The number of nitrogens with zero attached hydrogens (tertiary/aromatic N) is 3. The number of nitrogens with one attached hydrogen (secondary N) is 1. The van der Waals surface area contributed by atoms with Crippen LogP contribution in [0.4, 0.5) is 0 Å². The second kappa shape index (κ2) is 5.17. The van der Waals surface area contributed by atoms with Crippen molar-refractivity contribution >= 4 is 17.1 Å². The third-order valence-corrected chi connectivity index (χ3v) is 2.71. The van der Waals surface area contributed by atoms with Crippen molar-refractivity contribution in [3.8, 4) is 0 Å². The van der Waals surface area contributed by atoms with Crippen LogP contribution in [0.25, 0.3) is 11.2 Å². The summed E-state index contributed by atoms with van der Waals surface area (Å²) in [6.45, 7) is 4.47. The maximum Gasteiger partial charge on any atom is 0.283 e. The van der Waals surface area contributed by atoms with E-state index in [0.717, 1.165) is 0 Å². The highest BCUT2D eigenvalue weighted by Gasteiger charge is 2.16. The van der Waals surface area contributed by atoms with Crippen molar-refractivity contribution in [2.75, 3.05) is 6.54 Å². The minimum atomic E-state index is -0.444. The summed E-state index contributed by atoms with van der Waals surface area (Å²) < 4.78 is 1.34. The molecule has 1 N–H and O–H groups in total. The van der Waals surface area contributed by atoms with E-state index in [2.05, 4.69) is 15.3 Å². The van der Waals surface area contributed by atoms with Crippen molar-refractivity contribution in [2.24, 2.45) is 13.0 Å². The van der Waals surface area contributed by atoms with E-state index in [4.69, 9.17) is 0 Å². The lowest BCUT2D eigenvalue weighted by molar-refractivity contribution is 0.0942. The van der Waals surface area contributed by atoms with E-state index in [-0.39, 0.29) is 5.69 Å². The van der Waals surface area contributed by atoms with Crippen LogP contribution >= 0.6 is 0 Å². The summed E-state index contributed by atoms with van der Waals surface area (Å²) in [6.07, 6.45) is 1.59. The molecular formula is C13H16N4O2. The highest BCUT2D eigenvalue weighted by molar-refractivity contribution is 5.93. The predicted molar refractivity (Wildman–Crippen MR) is 72.0 cm³/mol. The Labute approximate surface area is 110 Å². The monoisotopic (exact) mass is 260 g/mol. The molecule has 2 heterocycles. The Hall–Kier alpha value is -2.24. The first-order chi connectivity index (χ1) is 9.00. The molecule has 0 spiro atoms. The van der Waals surface area contributed by atoms with E-state index in [0.29, 0.717) is 23.6 Å². The molecule has 0 saturated carbocycles. The maximum absolute atomic E-state index is 12.1. The first kappa shape index (κ1) is 13.2. The Morgan fingerprint density at radius 2 is 2.21 bits per heavy atom. The van der Waals surface area contributed by atoms with Crippen LogP contribution in [0.15, 0.2) is 23.1 Å². The normalized spacial score (nSPS) is 10.9. The Bertz CT molecular complexity index is 676. The lowest BCUT2D eigenvalue weighted by atomic mass is 10.2. The molecule has 19 heavy (non-hydrogen) atoms. The first-order valence-corrected chi connectivity index (χ1v) is 6.10. The largest absolute Gasteiger partial charge is 0.350 e. The van der Waals surface area contributed by atoms with Gasteiger partial charge in [0.15, 0.2) is 11.3 Å². The lowest BCUT2D eigenvalue weighted by Gasteiger charge is -2.09. The van der Waals surface area contributed by atoms with Crippen LogP contribution in [0.3, 0.4) is 0 Å². The average Bonchev–Trinajstić information content (AvgIpc) is 2.40. The summed E-state index contributed by atoms with van der Waals surface area (Å²) in [5.41, 5.74) is 0.461. The van der Waals surface area contributed by atoms with Crippen LogP contribution in [-0.4, -0.2) is 27.0 Å². The molecule has 0 saturated heterocycles. The van der Waals surface area contributed by atoms with Crippen LogP contribution in [0.2, 0.25) is 0 Å². The Morgan fingerprint density at radius 3 is 2.89 bits per heavy atom. The fourth-order valence-electron chi connectivity index (χ4n) is 1.69. The number of rotatable bonds is 3. The van der Waals surface area contributed by atoms with Crippen LogP contribution < -0.4 is 10.9 Å². The van der Waals surface area contributed by atoms with Crippen LogP contribution in [0, 0.1) is 5.92 Å². The van der Waals surface area contributed by atoms with Gasteiger partial charge < -0.3 is 5.32 Å². The molecule has 0 fully saturated rings. The molecule has 2 rings (SSSR count). The standard InChI is InChI=1S/C13H16N4O2/c1-8(2)7-15-12(18)10-13(19)17(3)11-9(16-10)5-4-6-14-11/h4-6,8H,7H2,1-3H3,(H,15,18). The van der Waals surface area contributed by atoms with Gasteiger partial charge in [0.1, 0.15) is 5.52 Å². The van der Waals surface area contributed by atoms with E-state index >= 15 is 0 Å². The van der Waals surface area contributed by atoms with E-state index < -0.39 is 11.5 Å². The van der Waals surface area contributed by atoms with Crippen molar-refractivity contribution < 1.29 is 4.79 Å². The van der Waals surface area contributed by atoms with Gasteiger partial charge >= 0.3 is 0 Å². The molecule has 0 aliphatic carbocycles. The second-order valence-corrected chi connectivity index (χ2v) is 4.77. The summed E-state index contributed by atoms with van der Waals surface area (Å²) in [5.74, 6) is -0.130. The van der Waals surface area contributed by atoms with Gasteiger partial charge in [-0.05, 0) is 18.1 Å². The summed E-state index contributed by atoms with van der Waals surface area (Å²) >= 11 is 0. The van der Waals surface area contributed by atoms with Gasteiger partial charge in [-0.25, -0.2) is 9.97 Å². The first-order valence-electron chi connectivity index (χ1n) is 6.10. The number of fused-ring (bicyclic) bond motifs is 1. The van der Waals surface area contributed by atoms with Crippen molar-refractivity contribution in [1.29, 1.82) is 0 Å². The van der Waals surface area contributed by atoms with Gasteiger partial charge in [0.05, 0.1) is 0 Å². The van der Waals surface area contributed by atoms with Crippen molar-refractivity contribution in [1.82, 2.24) is 19.9 Å². The zero-order valence-electron chi connectivity index (χ0n) is 11.2. The van der Waals surface area contributed by atoms with Gasteiger partial charge in [0.25, 0.3) is 11.5 Å². The SMILES string of the molecule is CC(C)CNC(=O)c1nc2cccnc2n(C)c1=O. The molecule has 0 bridgehead atoms. The molecule has 6 nitrogen and oxygen atoms in total. The van der Waals surface area contributed by atoms with E-state index in [9.17, 15) is 9.59 Å². The van der Waals surface area contributed by atoms with Gasteiger partial charge in [-0.15, -0.1) is 0 Å². The fraction of sp³-hybridized carbons (Fsp3) is 0.385. The molecule has 6 heteroatoms. The number of aryl methyl sites for hydroxylation is 1. The maximum atomic E-state index is 12.1. The van der Waals surface area contributed by atoms with Crippen molar-refractivity contribution in [3.05, 3.63) is 34.4 Å². The Balaban J connectivity index is 2.47. The zero-order valence-corrected chi connectivity index (χ0v) is 11.2. The molecule has 2 aromatic heterocycles. The van der Waals surface area contributed by atoms with Gasteiger partial charge in [0, 0.05) is 19.8 Å². The minimum absolute atomic E-state index is 0.0938. The van der Waals surface area contributed by atoms with E-state index in [1.807, 2.05) is 13.8 Å². The number of carbonyl (C=O) groups is 1. The molecule has 1 amide bonds. The zero-order chi connectivity index (χ0) is 14.0. The number of hydrogen-bond acceptors (Lipinski definition) is 4. The van der Waals surface area contributed by atoms with Gasteiger partial charge in [-0.3, -0.25) is 14.2 Å². The molecule has 2 aromatic rings. The number of aromatic nitrogens is 3. The molecule has 0 aliphatic heterocycles. The molecule has 0 aromatic carbocycles. The van der Waals surface area contributed by atoms with E-state index in [1.165, 1.54) is 4.57 Å². The minimum Gasteiger partial charge on any atom is -0.350 e. The smallest absolute Gasteiger partial charge is 0.283 e. The average molecular weight is 260 g/mol. The summed E-state index contributed by atoms with van der Waals surface area (Å²) in [7, 11) is 1.58. The van der Waals surface area contributed by atoms with E-state index in [1.54, 1.807) is 25.4 Å². The molecule has 100 valence electrons. The molecule has 0 atom stereocenters. The topological polar surface area (TPSA) is 76.9 Å². The molecule has 0 aliphatic rings. The number of pyridine rings is 1. The highest BCUT2D eigenvalue weighted by Crippen LogP contribution is 2.05. The lowest BCUT2D eigenvalue weighted by Crippen LogP contribution is -2.35. The van der Waals surface area contributed by atoms with Crippen molar-refractivity contribution in [2.45, 2.75) is 13.8 Å². The fourth-order valence-corrected chi connectivity index (χ4v) is 1.69. The van der Waals surface area contributed by atoms with Gasteiger partial charge in [-0.1, -0.05) is 13.8 Å². The van der Waals surface area contributed by atoms with Crippen LogP contribution in [-0.2, 0) is 7.05 Å². The highest BCUT2D eigenvalue weighted by atomic mass is 16.2. The van der Waals surface area contributed by atoms with Crippen LogP contribution in [0.1, 0.15) is 24.3 Å². The predicted octanol–water partition coefficient (Wildman–Crippen LogP) is 0.714. The van der Waals surface area contributed by atoms with Crippen molar-refractivity contribution in [3.63, 3.8) is 0 Å². The summed E-state index contributed by atoms with van der Waals surface area (Å²) in [6, 6.07) is 3.44. The van der Waals surface area contributed by atoms with Gasteiger partial charge in [-0.2, -0.15) is 0 Å². The molecular weight excluding hydrogens is 244 g/mol. The van der Waals surface area contributed by atoms with Gasteiger partial charge in [0.2, 0.25) is 0 Å². The summed E-state index contributed by atoms with van der Waals surface area (Å²) in [5, 5.41) is 2.70. The molecule has 0 radical (unpaired) electrons.